The van der Waals surface area contributed by atoms with Crippen molar-refractivity contribution in [1.82, 2.24) is 0 Å². The Morgan fingerprint density at radius 2 is 2.15 bits per heavy atom. The number of hydrogen-bond donors (Lipinski definition) is 1. The SMILES string of the molecule is COc1ccc(C2CCC2)c(O)c1. The molecule has 70 valence electrons. The highest BCUT2D eigenvalue weighted by atomic mass is 16.5. The summed E-state index contributed by atoms with van der Waals surface area (Å²) in [5, 5.41) is 9.68. The fourth-order valence-electron chi connectivity index (χ4n) is 1.71. The highest BCUT2D eigenvalue weighted by Crippen LogP contribution is 2.41. The van der Waals surface area contributed by atoms with Crippen molar-refractivity contribution in [3.63, 3.8) is 0 Å². The van der Waals surface area contributed by atoms with Crippen LogP contribution in [0, 0.1) is 0 Å². The molecule has 0 aromatic heterocycles. The third kappa shape index (κ3) is 1.48. The number of phenols is 1. The van der Waals surface area contributed by atoms with Crippen molar-refractivity contribution in [2.75, 3.05) is 7.11 Å². The van der Waals surface area contributed by atoms with Crippen molar-refractivity contribution in [1.29, 1.82) is 0 Å². The average molecular weight is 178 g/mol. The Kier molecular flexibility index (Phi) is 2.13. The Labute approximate surface area is 78.2 Å². The van der Waals surface area contributed by atoms with Crippen LogP contribution in [0.15, 0.2) is 18.2 Å². The molecule has 1 aliphatic rings. The number of ether oxygens (including phenoxy) is 1. The molecule has 1 fully saturated rings. The lowest BCUT2D eigenvalue weighted by atomic mass is 9.80. The summed E-state index contributed by atoms with van der Waals surface area (Å²) in [6.45, 7) is 0. The molecule has 0 atom stereocenters. The zero-order chi connectivity index (χ0) is 9.26. The minimum absolute atomic E-state index is 0.379. The van der Waals surface area contributed by atoms with Crippen molar-refractivity contribution in [2.24, 2.45) is 0 Å². The normalized spacial score (nSPS) is 16.7. The van der Waals surface area contributed by atoms with Gasteiger partial charge in [-0.3, -0.25) is 0 Å². The summed E-state index contributed by atoms with van der Waals surface area (Å²) in [6.07, 6.45) is 3.70. The van der Waals surface area contributed by atoms with Crippen molar-refractivity contribution in [3.05, 3.63) is 23.8 Å². The third-order valence-electron chi connectivity index (χ3n) is 2.78. The molecule has 0 bridgehead atoms. The standard InChI is InChI=1S/C11H14O2/c1-13-9-5-6-10(11(12)7-9)8-3-2-4-8/h5-8,12H,2-4H2,1H3. The number of phenolic OH excluding ortho intramolecular Hbond substituents is 1. The van der Waals surface area contributed by atoms with Gasteiger partial charge in [-0.05, 0) is 30.4 Å². The molecule has 0 saturated heterocycles. The summed E-state index contributed by atoms with van der Waals surface area (Å²) >= 11 is 0. The van der Waals surface area contributed by atoms with E-state index in [2.05, 4.69) is 0 Å². The zero-order valence-electron chi connectivity index (χ0n) is 7.79. The second-order valence-electron chi connectivity index (χ2n) is 3.55. The summed E-state index contributed by atoms with van der Waals surface area (Å²) in [5.74, 6) is 1.68. The van der Waals surface area contributed by atoms with E-state index in [9.17, 15) is 5.11 Å². The monoisotopic (exact) mass is 178 g/mol. The summed E-state index contributed by atoms with van der Waals surface area (Å²) in [6, 6.07) is 5.57. The van der Waals surface area contributed by atoms with E-state index in [4.69, 9.17) is 4.74 Å². The molecule has 0 unspecified atom stereocenters. The molecule has 0 heterocycles. The Bertz CT molecular complexity index is 303. The average Bonchev–Trinajstić information content (AvgIpc) is 2.05. The third-order valence-corrected chi connectivity index (χ3v) is 2.78. The largest absolute Gasteiger partial charge is 0.508 e. The summed E-state index contributed by atoms with van der Waals surface area (Å²) < 4.78 is 5.02. The molecule has 1 aromatic rings. The second kappa shape index (κ2) is 3.29. The molecule has 0 amide bonds. The Morgan fingerprint density at radius 3 is 2.62 bits per heavy atom. The van der Waals surface area contributed by atoms with E-state index in [0.717, 1.165) is 11.3 Å². The van der Waals surface area contributed by atoms with Crippen molar-refractivity contribution in [3.8, 4) is 11.5 Å². The number of rotatable bonds is 2. The number of methoxy groups -OCH3 is 1. The van der Waals surface area contributed by atoms with Crippen LogP contribution in [0.3, 0.4) is 0 Å². The minimum atomic E-state index is 0.379. The van der Waals surface area contributed by atoms with Gasteiger partial charge in [0.15, 0.2) is 0 Å². The predicted octanol–water partition coefficient (Wildman–Crippen LogP) is 2.67. The van der Waals surface area contributed by atoms with Crippen LogP contribution in [0.5, 0.6) is 11.5 Å². The van der Waals surface area contributed by atoms with E-state index >= 15 is 0 Å². The highest BCUT2D eigenvalue weighted by Gasteiger charge is 2.22. The number of aromatic hydroxyl groups is 1. The van der Waals surface area contributed by atoms with Crippen LogP contribution in [-0.4, -0.2) is 12.2 Å². The predicted molar refractivity (Wildman–Crippen MR) is 51.3 cm³/mol. The molecule has 2 nitrogen and oxygen atoms in total. The molecule has 2 rings (SSSR count). The first-order valence-corrected chi connectivity index (χ1v) is 4.68. The number of benzene rings is 1. The molecular formula is C11H14O2. The topological polar surface area (TPSA) is 29.5 Å². The minimum Gasteiger partial charge on any atom is -0.508 e. The van der Waals surface area contributed by atoms with Gasteiger partial charge in [-0.2, -0.15) is 0 Å². The fraction of sp³-hybridized carbons (Fsp3) is 0.455. The van der Waals surface area contributed by atoms with Gasteiger partial charge in [0.05, 0.1) is 7.11 Å². The van der Waals surface area contributed by atoms with Crippen LogP contribution in [0.25, 0.3) is 0 Å². The Morgan fingerprint density at radius 1 is 1.38 bits per heavy atom. The van der Waals surface area contributed by atoms with Crippen molar-refractivity contribution >= 4 is 0 Å². The molecule has 0 spiro atoms. The molecule has 13 heavy (non-hydrogen) atoms. The van der Waals surface area contributed by atoms with E-state index < -0.39 is 0 Å². The van der Waals surface area contributed by atoms with E-state index in [1.165, 1.54) is 19.3 Å². The van der Waals surface area contributed by atoms with E-state index in [-0.39, 0.29) is 0 Å². The van der Waals surface area contributed by atoms with Gasteiger partial charge >= 0.3 is 0 Å². The Hall–Kier alpha value is -1.18. The van der Waals surface area contributed by atoms with E-state index in [0.29, 0.717) is 11.7 Å². The van der Waals surface area contributed by atoms with Gasteiger partial charge in [-0.25, -0.2) is 0 Å². The van der Waals surface area contributed by atoms with Gasteiger partial charge in [0, 0.05) is 6.07 Å². The lowest BCUT2D eigenvalue weighted by Gasteiger charge is -2.26. The lowest BCUT2D eigenvalue weighted by Crippen LogP contribution is -2.08. The van der Waals surface area contributed by atoms with Crippen molar-refractivity contribution < 1.29 is 9.84 Å². The zero-order valence-corrected chi connectivity index (χ0v) is 7.79. The summed E-state index contributed by atoms with van der Waals surface area (Å²) in [5.41, 5.74) is 1.08. The van der Waals surface area contributed by atoms with Gasteiger partial charge in [0.25, 0.3) is 0 Å². The second-order valence-corrected chi connectivity index (χ2v) is 3.55. The van der Waals surface area contributed by atoms with Crippen LogP contribution in [0.4, 0.5) is 0 Å². The van der Waals surface area contributed by atoms with Gasteiger partial charge in [-0.1, -0.05) is 12.5 Å². The first-order valence-electron chi connectivity index (χ1n) is 4.68. The lowest BCUT2D eigenvalue weighted by molar-refractivity contribution is 0.383. The van der Waals surface area contributed by atoms with Gasteiger partial charge in [0.1, 0.15) is 11.5 Å². The van der Waals surface area contributed by atoms with Crippen LogP contribution < -0.4 is 4.74 Å². The van der Waals surface area contributed by atoms with E-state index in [1.54, 1.807) is 13.2 Å². The number of hydrogen-bond acceptors (Lipinski definition) is 2. The molecule has 0 aliphatic heterocycles. The quantitative estimate of drug-likeness (QED) is 0.754. The summed E-state index contributed by atoms with van der Waals surface area (Å²) in [4.78, 5) is 0. The highest BCUT2D eigenvalue weighted by molar-refractivity contribution is 5.42. The maximum absolute atomic E-state index is 9.68. The van der Waals surface area contributed by atoms with Crippen molar-refractivity contribution in [2.45, 2.75) is 25.2 Å². The first kappa shape index (κ1) is 8.42. The Balaban J connectivity index is 2.26. The summed E-state index contributed by atoms with van der Waals surface area (Å²) in [7, 11) is 1.61. The van der Waals surface area contributed by atoms with Crippen LogP contribution in [0.2, 0.25) is 0 Å². The molecule has 0 radical (unpaired) electrons. The molecule has 1 N–H and O–H groups in total. The van der Waals surface area contributed by atoms with Gasteiger partial charge < -0.3 is 9.84 Å². The maximum Gasteiger partial charge on any atom is 0.122 e. The molecule has 1 aliphatic carbocycles. The maximum atomic E-state index is 9.68. The van der Waals surface area contributed by atoms with Gasteiger partial charge in [-0.15, -0.1) is 0 Å². The molecule has 1 saturated carbocycles. The molecular weight excluding hydrogens is 164 g/mol. The van der Waals surface area contributed by atoms with E-state index in [1.807, 2.05) is 12.1 Å². The van der Waals surface area contributed by atoms with Crippen LogP contribution >= 0.6 is 0 Å². The van der Waals surface area contributed by atoms with Crippen LogP contribution in [-0.2, 0) is 0 Å². The smallest absolute Gasteiger partial charge is 0.122 e. The first-order chi connectivity index (χ1) is 6.31. The van der Waals surface area contributed by atoms with Crippen LogP contribution in [0.1, 0.15) is 30.7 Å². The fourth-order valence-corrected chi connectivity index (χ4v) is 1.71. The molecule has 1 aromatic carbocycles. The van der Waals surface area contributed by atoms with Gasteiger partial charge in [0.2, 0.25) is 0 Å². The molecule has 2 heteroatoms.